The zero-order valence-corrected chi connectivity index (χ0v) is 20.3. The minimum absolute atomic E-state index is 0.122. The minimum atomic E-state index is -0.203. The number of rotatable bonds is 9. The lowest BCUT2D eigenvalue weighted by Crippen LogP contribution is -2.15. The van der Waals surface area contributed by atoms with Crippen molar-refractivity contribution in [1.82, 2.24) is 14.8 Å². The van der Waals surface area contributed by atoms with Gasteiger partial charge in [0.1, 0.15) is 18.1 Å². The molecule has 0 bridgehead atoms. The third-order valence-corrected chi connectivity index (χ3v) is 6.22. The highest BCUT2D eigenvalue weighted by Crippen LogP contribution is 2.30. The first-order valence-corrected chi connectivity index (χ1v) is 11.9. The highest BCUT2D eigenvalue weighted by Gasteiger charge is 2.19. The van der Waals surface area contributed by atoms with Gasteiger partial charge in [0.05, 0.1) is 29.3 Å². The van der Waals surface area contributed by atoms with Crippen molar-refractivity contribution < 1.29 is 14.3 Å². The summed E-state index contributed by atoms with van der Waals surface area (Å²) in [6.45, 7) is 2.18. The predicted molar refractivity (Wildman–Crippen MR) is 134 cm³/mol. The molecular weight excluding hydrogens is 472 g/mol. The summed E-state index contributed by atoms with van der Waals surface area (Å²) in [6, 6.07) is 22.4. The second kappa shape index (κ2) is 11.1. The lowest BCUT2D eigenvalue weighted by atomic mass is 10.2. The predicted octanol–water partition coefficient (Wildman–Crippen LogP) is 5.55. The third-order valence-electron chi connectivity index (χ3n) is 4.96. The summed E-state index contributed by atoms with van der Waals surface area (Å²) in [5.41, 5.74) is 2.34. The van der Waals surface area contributed by atoms with E-state index in [0.29, 0.717) is 27.4 Å². The van der Waals surface area contributed by atoms with E-state index < -0.39 is 0 Å². The SMILES string of the molecule is COc1ccccc1-n1c(COc2ccccc2C)nnc1SCC(=O)Nc1ccccc1Cl. The number of aromatic nitrogens is 3. The topological polar surface area (TPSA) is 78.3 Å². The Labute approximate surface area is 207 Å². The molecule has 1 amide bonds. The average molecular weight is 495 g/mol. The van der Waals surface area contributed by atoms with Crippen LogP contribution >= 0.6 is 23.4 Å². The third kappa shape index (κ3) is 5.52. The number of para-hydroxylation sites is 4. The number of carbonyl (C=O) groups excluding carboxylic acids is 1. The minimum Gasteiger partial charge on any atom is -0.495 e. The Morgan fingerprint density at radius 2 is 1.71 bits per heavy atom. The van der Waals surface area contributed by atoms with Crippen LogP contribution in [0.1, 0.15) is 11.4 Å². The van der Waals surface area contributed by atoms with E-state index in [2.05, 4.69) is 15.5 Å². The van der Waals surface area contributed by atoms with E-state index in [1.165, 1.54) is 11.8 Å². The van der Waals surface area contributed by atoms with Crippen LogP contribution in [0.5, 0.6) is 11.5 Å². The average Bonchev–Trinajstić information content (AvgIpc) is 3.26. The fraction of sp³-hybridized carbons (Fsp3) is 0.160. The molecule has 0 saturated carbocycles. The molecule has 3 aromatic carbocycles. The number of aryl methyl sites for hydroxylation is 1. The van der Waals surface area contributed by atoms with Crippen molar-refractivity contribution in [1.29, 1.82) is 0 Å². The largest absolute Gasteiger partial charge is 0.495 e. The normalized spacial score (nSPS) is 10.7. The molecule has 34 heavy (non-hydrogen) atoms. The lowest BCUT2D eigenvalue weighted by molar-refractivity contribution is -0.113. The zero-order chi connectivity index (χ0) is 23.9. The summed E-state index contributed by atoms with van der Waals surface area (Å²) in [5, 5.41) is 12.5. The molecule has 1 N–H and O–H groups in total. The van der Waals surface area contributed by atoms with Gasteiger partial charge in [0.15, 0.2) is 11.0 Å². The molecule has 0 spiro atoms. The number of hydrogen-bond donors (Lipinski definition) is 1. The molecule has 4 rings (SSSR count). The van der Waals surface area contributed by atoms with Crippen molar-refractivity contribution >= 4 is 35.0 Å². The van der Waals surface area contributed by atoms with E-state index in [1.807, 2.05) is 72.2 Å². The van der Waals surface area contributed by atoms with Crippen LogP contribution in [0.15, 0.2) is 78.0 Å². The van der Waals surface area contributed by atoms with Crippen LogP contribution in [0.2, 0.25) is 5.02 Å². The molecule has 0 aliphatic carbocycles. The molecule has 0 atom stereocenters. The van der Waals surface area contributed by atoms with Gasteiger partial charge in [-0.05, 0) is 42.8 Å². The highest BCUT2D eigenvalue weighted by atomic mass is 35.5. The zero-order valence-electron chi connectivity index (χ0n) is 18.7. The van der Waals surface area contributed by atoms with Crippen LogP contribution in [-0.4, -0.2) is 33.5 Å². The Morgan fingerprint density at radius 1 is 1.00 bits per heavy atom. The van der Waals surface area contributed by atoms with Gasteiger partial charge in [0.25, 0.3) is 0 Å². The number of benzene rings is 3. The number of nitrogens with one attached hydrogen (secondary N) is 1. The molecule has 0 unspecified atom stereocenters. The molecule has 0 fully saturated rings. The van der Waals surface area contributed by atoms with Crippen molar-refractivity contribution in [2.45, 2.75) is 18.7 Å². The van der Waals surface area contributed by atoms with Crippen LogP contribution < -0.4 is 14.8 Å². The van der Waals surface area contributed by atoms with Gasteiger partial charge >= 0.3 is 0 Å². The smallest absolute Gasteiger partial charge is 0.234 e. The molecule has 0 aliphatic rings. The van der Waals surface area contributed by atoms with Crippen molar-refractivity contribution in [3.05, 3.63) is 89.2 Å². The molecule has 0 radical (unpaired) electrons. The van der Waals surface area contributed by atoms with Crippen molar-refractivity contribution in [2.24, 2.45) is 0 Å². The molecule has 174 valence electrons. The van der Waals surface area contributed by atoms with Gasteiger partial charge in [-0.15, -0.1) is 10.2 Å². The number of anilines is 1. The Kier molecular flexibility index (Phi) is 7.72. The van der Waals surface area contributed by atoms with Gasteiger partial charge in [-0.2, -0.15) is 0 Å². The second-order valence-corrected chi connectivity index (χ2v) is 8.63. The van der Waals surface area contributed by atoms with Crippen molar-refractivity contribution in [3.63, 3.8) is 0 Å². The Morgan fingerprint density at radius 3 is 2.47 bits per heavy atom. The molecule has 1 heterocycles. The number of halogens is 1. The Hall–Kier alpha value is -3.49. The van der Waals surface area contributed by atoms with Crippen molar-refractivity contribution in [2.75, 3.05) is 18.2 Å². The molecule has 0 saturated heterocycles. The molecule has 4 aromatic rings. The summed E-state index contributed by atoms with van der Waals surface area (Å²) < 4.78 is 13.4. The van der Waals surface area contributed by atoms with Gasteiger partial charge < -0.3 is 14.8 Å². The summed E-state index contributed by atoms with van der Waals surface area (Å²) in [4.78, 5) is 12.6. The first-order valence-electron chi connectivity index (χ1n) is 10.5. The standard InChI is InChI=1S/C25H23ClN4O3S/c1-17-9-3-7-13-21(17)33-15-23-28-29-25(30(23)20-12-6-8-14-22(20)32-2)34-16-24(31)27-19-11-5-4-10-18(19)26/h3-14H,15-16H2,1-2H3,(H,27,31). The quantitative estimate of drug-likeness (QED) is 0.307. The Balaban J connectivity index is 1.57. The lowest BCUT2D eigenvalue weighted by Gasteiger charge is -2.14. The fourth-order valence-corrected chi connectivity index (χ4v) is 4.23. The summed E-state index contributed by atoms with van der Waals surface area (Å²) in [5.74, 6) is 1.93. The maximum atomic E-state index is 12.6. The van der Waals surface area contributed by atoms with Gasteiger partial charge in [0, 0.05) is 0 Å². The monoisotopic (exact) mass is 494 g/mol. The summed E-state index contributed by atoms with van der Waals surface area (Å²) >= 11 is 7.41. The van der Waals surface area contributed by atoms with E-state index >= 15 is 0 Å². The first kappa shape index (κ1) is 23.7. The number of nitrogens with zero attached hydrogens (tertiary/aromatic N) is 3. The molecule has 7 nitrogen and oxygen atoms in total. The van der Waals surface area contributed by atoms with E-state index in [1.54, 1.807) is 19.2 Å². The number of hydrogen-bond acceptors (Lipinski definition) is 6. The van der Waals surface area contributed by atoms with Gasteiger partial charge in [-0.1, -0.05) is 65.8 Å². The van der Waals surface area contributed by atoms with Gasteiger partial charge in [-0.3, -0.25) is 9.36 Å². The van der Waals surface area contributed by atoms with Crippen LogP contribution in [0.4, 0.5) is 5.69 Å². The Bertz CT molecular complexity index is 1290. The van der Waals surface area contributed by atoms with Gasteiger partial charge in [-0.25, -0.2) is 0 Å². The number of amides is 1. The molecular formula is C25H23ClN4O3S. The maximum absolute atomic E-state index is 12.6. The number of carbonyl (C=O) groups is 1. The van der Waals surface area contributed by atoms with E-state index in [-0.39, 0.29) is 18.3 Å². The number of methoxy groups -OCH3 is 1. The van der Waals surface area contributed by atoms with Gasteiger partial charge in [0.2, 0.25) is 5.91 Å². The van der Waals surface area contributed by atoms with E-state index in [0.717, 1.165) is 17.0 Å². The second-order valence-electron chi connectivity index (χ2n) is 7.28. The number of thioether (sulfide) groups is 1. The molecule has 1 aromatic heterocycles. The van der Waals surface area contributed by atoms with E-state index in [4.69, 9.17) is 21.1 Å². The van der Waals surface area contributed by atoms with Crippen LogP contribution in [0.3, 0.4) is 0 Å². The fourth-order valence-electron chi connectivity index (χ4n) is 3.28. The number of ether oxygens (including phenoxy) is 2. The van der Waals surface area contributed by atoms with Crippen molar-refractivity contribution in [3.8, 4) is 17.2 Å². The maximum Gasteiger partial charge on any atom is 0.234 e. The van der Waals surface area contributed by atoms with E-state index in [9.17, 15) is 4.79 Å². The highest BCUT2D eigenvalue weighted by molar-refractivity contribution is 7.99. The molecule has 0 aliphatic heterocycles. The first-order chi connectivity index (χ1) is 16.6. The molecule has 9 heteroatoms. The van der Waals surface area contributed by atoms with Crippen LogP contribution in [0.25, 0.3) is 5.69 Å². The summed E-state index contributed by atoms with van der Waals surface area (Å²) in [6.07, 6.45) is 0. The summed E-state index contributed by atoms with van der Waals surface area (Å²) in [7, 11) is 1.61. The van der Waals surface area contributed by atoms with Crippen LogP contribution in [0, 0.1) is 6.92 Å². The van der Waals surface area contributed by atoms with Crippen LogP contribution in [-0.2, 0) is 11.4 Å².